The number of carbonyl (C=O) groups is 2. The molecule has 2 amide bonds. The summed E-state index contributed by atoms with van der Waals surface area (Å²) in [4.78, 5) is 44.5. The Balaban J connectivity index is 1.32. The summed E-state index contributed by atoms with van der Waals surface area (Å²) in [5.74, 6) is 0.411. The highest BCUT2D eigenvalue weighted by molar-refractivity contribution is 5.96. The minimum atomic E-state index is -0.680. The third-order valence-electron chi connectivity index (χ3n) is 6.46. The zero-order valence-electron chi connectivity index (χ0n) is 19.7. The number of hydrogen-bond acceptors (Lipinski definition) is 9. The molecule has 12 nitrogen and oxygen atoms in total. The zero-order chi connectivity index (χ0) is 24.5. The number of primary amides is 1. The lowest BCUT2D eigenvalue weighted by molar-refractivity contribution is 0.0918. The number of rotatable bonds is 7. The molecule has 0 spiro atoms. The lowest BCUT2D eigenvalue weighted by Gasteiger charge is -2.40. The van der Waals surface area contributed by atoms with E-state index in [4.69, 9.17) is 5.73 Å². The Morgan fingerprint density at radius 1 is 1.09 bits per heavy atom. The predicted molar refractivity (Wildman–Crippen MR) is 128 cm³/mol. The minimum Gasteiger partial charge on any atom is -0.364 e. The lowest BCUT2D eigenvalue weighted by Crippen LogP contribution is -2.54. The van der Waals surface area contributed by atoms with Crippen molar-refractivity contribution in [2.24, 2.45) is 12.8 Å². The topological polar surface area (TPSA) is 157 Å². The third kappa shape index (κ3) is 4.91. The van der Waals surface area contributed by atoms with Gasteiger partial charge < -0.3 is 21.3 Å². The summed E-state index contributed by atoms with van der Waals surface area (Å²) >= 11 is 0. The molecule has 5 rings (SSSR count). The Hall–Kier alpha value is -4.09. The van der Waals surface area contributed by atoms with Crippen LogP contribution in [-0.2, 0) is 7.05 Å². The molecule has 0 bridgehead atoms. The molecular formula is C23H28N10O2. The number of nitrogens with one attached hydrogen (secondary N) is 2. The van der Waals surface area contributed by atoms with Crippen molar-refractivity contribution in [1.82, 2.24) is 35.0 Å². The second kappa shape index (κ2) is 9.28. The van der Waals surface area contributed by atoms with Crippen molar-refractivity contribution in [3.8, 4) is 0 Å². The maximum Gasteiger partial charge on any atom is 0.271 e. The molecule has 0 radical (unpaired) electrons. The maximum atomic E-state index is 12.8. The fourth-order valence-electron chi connectivity index (χ4n) is 4.36. The van der Waals surface area contributed by atoms with Gasteiger partial charge in [0.1, 0.15) is 11.5 Å². The van der Waals surface area contributed by atoms with Crippen molar-refractivity contribution in [3.05, 3.63) is 48.1 Å². The van der Waals surface area contributed by atoms with Gasteiger partial charge >= 0.3 is 0 Å². The summed E-state index contributed by atoms with van der Waals surface area (Å²) in [6.45, 7) is 2.77. The Morgan fingerprint density at radius 3 is 2.57 bits per heavy atom. The van der Waals surface area contributed by atoms with E-state index in [0.29, 0.717) is 23.1 Å². The summed E-state index contributed by atoms with van der Waals surface area (Å²) in [6, 6.07) is -0.181. The van der Waals surface area contributed by atoms with Crippen LogP contribution in [0.1, 0.15) is 65.2 Å². The van der Waals surface area contributed by atoms with Crippen molar-refractivity contribution >= 4 is 29.1 Å². The second-order valence-corrected chi connectivity index (χ2v) is 9.07. The first-order valence-electron chi connectivity index (χ1n) is 11.7. The molecular weight excluding hydrogens is 448 g/mol. The highest BCUT2D eigenvalue weighted by Crippen LogP contribution is 2.38. The molecule has 35 heavy (non-hydrogen) atoms. The Bertz CT molecular complexity index is 1240. The minimum absolute atomic E-state index is 0.0420. The van der Waals surface area contributed by atoms with Gasteiger partial charge in [0.05, 0.1) is 30.0 Å². The molecule has 4 N–H and O–H groups in total. The van der Waals surface area contributed by atoms with Gasteiger partial charge in [-0.2, -0.15) is 5.10 Å². The summed E-state index contributed by atoms with van der Waals surface area (Å²) in [5.41, 5.74) is 7.48. The zero-order valence-corrected chi connectivity index (χ0v) is 19.7. The van der Waals surface area contributed by atoms with Crippen LogP contribution in [0, 0.1) is 0 Å². The average molecular weight is 477 g/mol. The lowest BCUT2D eigenvalue weighted by atomic mass is 9.97. The predicted octanol–water partition coefficient (Wildman–Crippen LogP) is 1.51. The van der Waals surface area contributed by atoms with E-state index in [1.54, 1.807) is 36.5 Å². The number of amides is 2. The SMILES string of the molecule is C[C@@H]1[C@H](NC(=O)c2cnc(C3CC3)cn2)CCCN1c1cnc(C(N)=O)c(Nc2cnn(C)c2)n1. The summed E-state index contributed by atoms with van der Waals surface area (Å²) in [5, 5.41) is 10.3. The first kappa shape index (κ1) is 22.7. The highest BCUT2D eigenvalue weighted by atomic mass is 16.2. The molecule has 0 aromatic carbocycles. The molecule has 2 atom stereocenters. The summed E-state index contributed by atoms with van der Waals surface area (Å²) < 4.78 is 1.63. The molecule has 3 aromatic rings. The molecule has 1 saturated heterocycles. The Kier molecular flexibility index (Phi) is 6.01. The monoisotopic (exact) mass is 476 g/mol. The summed E-state index contributed by atoms with van der Waals surface area (Å²) in [7, 11) is 1.79. The quantitative estimate of drug-likeness (QED) is 0.460. The first-order valence-corrected chi connectivity index (χ1v) is 11.7. The van der Waals surface area contributed by atoms with Gasteiger partial charge in [-0.3, -0.25) is 19.3 Å². The van der Waals surface area contributed by atoms with Gasteiger partial charge in [0, 0.05) is 44.0 Å². The van der Waals surface area contributed by atoms with Crippen LogP contribution in [0.3, 0.4) is 0 Å². The van der Waals surface area contributed by atoms with E-state index in [1.165, 1.54) is 6.20 Å². The fourth-order valence-corrected chi connectivity index (χ4v) is 4.36. The van der Waals surface area contributed by atoms with Crippen LogP contribution < -0.4 is 21.3 Å². The van der Waals surface area contributed by atoms with Crippen molar-refractivity contribution in [2.75, 3.05) is 16.8 Å². The number of nitrogens with two attached hydrogens (primary N) is 1. The van der Waals surface area contributed by atoms with Gasteiger partial charge in [-0.15, -0.1) is 0 Å². The third-order valence-corrected chi connectivity index (χ3v) is 6.46. The molecule has 3 aromatic heterocycles. The van der Waals surface area contributed by atoms with Gasteiger partial charge in [0.2, 0.25) is 0 Å². The number of aromatic nitrogens is 6. The van der Waals surface area contributed by atoms with Crippen LogP contribution in [0.4, 0.5) is 17.3 Å². The molecule has 2 aliphatic rings. The first-order chi connectivity index (χ1) is 16.9. The molecule has 12 heteroatoms. The molecule has 2 fully saturated rings. The standard InChI is InChI=1S/C23H28N10O2/c1-13-16(30-23(35)18-10-25-17(9-26-18)14-5-6-14)4-3-7-33(13)19-11-27-20(21(24)34)22(31-19)29-15-8-28-32(2)12-15/h8-14,16H,3-7H2,1-2H3,(H2,24,34)(H,29,31)(H,30,35)/t13-,16-/m1/s1. The van der Waals surface area contributed by atoms with E-state index >= 15 is 0 Å². The van der Waals surface area contributed by atoms with Crippen LogP contribution in [-0.4, -0.2) is 60.2 Å². The molecule has 0 unspecified atom stereocenters. The summed E-state index contributed by atoms with van der Waals surface area (Å²) in [6.07, 6.45) is 12.1. The normalized spacial score (nSPS) is 19.9. The number of piperidine rings is 1. The van der Waals surface area contributed by atoms with Crippen LogP contribution in [0.25, 0.3) is 0 Å². The molecule has 4 heterocycles. The Morgan fingerprint density at radius 2 is 1.91 bits per heavy atom. The van der Waals surface area contributed by atoms with E-state index in [0.717, 1.165) is 37.9 Å². The number of aryl methyl sites for hydroxylation is 1. The molecule has 1 aliphatic heterocycles. The van der Waals surface area contributed by atoms with E-state index in [1.807, 2.05) is 6.92 Å². The van der Waals surface area contributed by atoms with Crippen LogP contribution in [0.2, 0.25) is 0 Å². The Labute approximate surface area is 202 Å². The van der Waals surface area contributed by atoms with Crippen molar-refractivity contribution in [1.29, 1.82) is 0 Å². The van der Waals surface area contributed by atoms with E-state index in [9.17, 15) is 9.59 Å². The molecule has 1 saturated carbocycles. The number of hydrogen-bond donors (Lipinski definition) is 3. The number of anilines is 3. The van der Waals surface area contributed by atoms with Crippen LogP contribution in [0.5, 0.6) is 0 Å². The van der Waals surface area contributed by atoms with Gasteiger partial charge in [0.25, 0.3) is 11.8 Å². The van der Waals surface area contributed by atoms with Crippen molar-refractivity contribution < 1.29 is 9.59 Å². The second-order valence-electron chi connectivity index (χ2n) is 9.07. The highest BCUT2D eigenvalue weighted by Gasteiger charge is 2.32. The maximum absolute atomic E-state index is 12.8. The van der Waals surface area contributed by atoms with E-state index in [2.05, 4.69) is 40.6 Å². The smallest absolute Gasteiger partial charge is 0.271 e. The molecule has 182 valence electrons. The van der Waals surface area contributed by atoms with Crippen LogP contribution >= 0.6 is 0 Å². The van der Waals surface area contributed by atoms with Crippen molar-refractivity contribution in [3.63, 3.8) is 0 Å². The number of nitrogens with zero attached hydrogens (tertiary/aromatic N) is 7. The fraction of sp³-hybridized carbons (Fsp3) is 0.435. The number of carbonyl (C=O) groups excluding carboxylic acids is 2. The van der Waals surface area contributed by atoms with Crippen molar-refractivity contribution in [2.45, 2.75) is 50.6 Å². The van der Waals surface area contributed by atoms with Gasteiger partial charge in [-0.05, 0) is 32.6 Å². The van der Waals surface area contributed by atoms with E-state index in [-0.39, 0.29) is 29.5 Å². The van der Waals surface area contributed by atoms with Gasteiger partial charge in [0.15, 0.2) is 11.5 Å². The van der Waals surface area contributed by atoms with Gasteiger partial charge in [-0.25, -0.2) is 15.0 Å². The van der Waals surface area contributed by atoms with Crippen LogP contribution in [0.15, 0.2) is 31.0 Å². The molecule has 1 aliphatic carbocycles. The average Bonchev–Trinajstić information content (AvgIpc) is 3.62. The largest absolute Gasteiger partial charge is 0.364 e. The van der Waals surface area contributed by atoms with Gasteiger partial charge in [-0.1, -0.05) is 0 Å². The van der Waals surface area contributed by atoms with E-state index < -0.39 is 5.91 Å².